The Balaban J connectivity index is 1.84. The van der Waals surface area contributed by atoms with Gasteiger partial charge in [-0.1, -0.05) is 17.7 Å². The third kappa shape index (κ3) is 6.27. The smallest absolute Gasteiger partial charge is 0.343 e. The molecule has 3 rings (SSSR count). The van der Waals surface area contributed by atoms with Gasteiger partial charge in [0.25, 0.3) is 5.91 Å². The maximum absolute atomic E-state index is 12.6. The lowest BCUT2D eigenvalue weighted by atomic mass is 10.1. The van der Waals surface area contributed by atoms with E-state index in [1.165, 1.54) is 20.3 Å². The zero-order valence-corrected chi connectivity index (χ0v) is 21.0. The first-order valence-electron chi connectivity index (χ1n) is 9.77. The van der Waals surface area contributed by atoms with Crippen LogP contribution >= 0.6 is 34.2 Å². The molecule has 0 aliphatic carbocycles. The molecule has 172 valence electrons. The van der Waals surface area contributed by atoms with E-state index in [-0.39, 0.29) is 17.1 Å². The van der Waals surface area contributed by atoms with E-state index in [1.807, 2.05) is 28.7 Å². The van der Waals surface area contributed by atoms with Crippen molar-refractivity contribution in [1.29, 1.82) is 5.26 Å². The molecule has 1 amide bonds. The van der Waals surface area contributed by atoms with E-state index in [9.17, 15) is 14.9 Å². The van der Waals surface area contributed by atoms with Crippen molar-refractivity contribution in [1.82, 2.24) is 0 Å². The maximum atomic E-state index is 12.6. The molecule has 0 bridgehead atoms. The summed E-state index contributed by atoms with van der Waals surface area (Å²) in [7, 11) is 2.97. The van der Waals surface area contributed by atoms with Crippen molar-refractivity contribution in [3.8, 4) is 23.3 Å². The van der Waals surface area contributed by atoms with E-state index in [0.29, 0.717) is 31.2 Å². The Kier molecular flexibility index (Phi) is 8.51. The molecule has 0 heterocycles. The van der Waals surface area contributed by atoms with Crippen molar-refractivity contribution in [2.24, 2.45) is 0 Å². The normalized spacial score (nSPS) is 10.7. The number of carbonyl (C=O) groups is 2. The monoisotopic (exact) mass is 588 g/mol. The number of hydrogen-bond donors (Lipinski definition) is 1. The highest BCUT2D eigenvalue weighted by Gasteiger charge is 2.18. The van der Waals surface area contributed by atoms with Gasteiger partial charge in [-0.05, 0) is 88.8 Å². The number of nitrogens with zero attached hydrogens (tertiary/aromatic N) is 1. The zero-order chi connectivity index (χ0) is 24.7. The molecule has 0 saturated carbocycles. The molecule has 0 saturated heterocycles. The van der Waals surface area contributed by atoms with Crippen molar-refractivity contribution >= 4 is 57.8 Å². The average Bonchev–Trinajstić information content (AvgIpc) is 2.83. The number of hydrogen-bond acceptors (Lipinski definition) is 6. The lowest BCUT2D eigenvalue weighted by Gasteiger charge is -2.13. The predicted molar refractivity (Wildman–Crippen MR) is 137 cm³/mol. The van der Waals surface area contributed by atoms with Crippen LogP contribution in [0.3, 0.4) is 0 Å². The molecule has 0 unspecified atom stereocenters. The Labute approximate surface area is 215 Å². The minimum atomic E-state index is -0.589. The summed E-state index contributed by atoms with van der Waals surface area (Å²) in [6.07, 6.45) is 1.42. The van der Waals surface area contributed by atoms with Crippen molar-refractivity contribution in [3.05, 3.63) is 86.0 Å². The number of esters is 1. The number of nitriles is 1. The predicted octanol–water partition coefficient (Wildman–Crippen LogP) is 5.73. The Morgan fingerprint density at radius 1 is 1.06 bits per heavy atom. The number of methoxy groups -OCH3 is 2. The Morgan fingerprint density at radius 2 is 1.79 bits per heavy atom. The first-order valence-corrected chi connectivity index (χ1v) is 11.2. The summed E-state index contributed by atoms with van der Waals surface area (Å²) in [5, 5.41) is 12.6. The number of amides is 1. The number of halogens is 2. The molecule has 0 radical (unpaired) electrons. The Bertz CT molecular complexity index is 1300. The van der Waals surface area contributed by atoms with Crippen LogP contribution in [0, 0.1) is 14.9 Å². The fraction of sp³-hybridized carbons (Fsp3) is 0.0800. The summed E-state index contributed by atoms with van der Waals surface area (Å²) in [6, 6.07) is 18.2. The van der Waals surface area contributed by atoms with Crippen LogP contribution in [0.1, 0.15) is 15.9 Å². The molecule has 9 heteroatoms. The minimum Gasteiger partial charge on any atom is -0.497 e. The molecule has 34 heavy (non-hydrogen) atoms. The molecule has 3 aromatic rings. The quantitative estimate of drug-likeness (QED) is 0.125. The zero-order valence-electron chi connectivity index (χ0n) is 18.1. The van der Waals surface area contributed by atoms with Gasteiger partial charge in [0.1, 0.15) is 17.4 Å². The van der Waals surface area contributed by atoms with Gasteiger partial charge in [0, 0.05) is 10.7 Å². The second kappa shape index (κ2) is 11.5. The van der Waals surface area contributed by atoms with Gasteiger partial charge < -0.3 is 19.5 Å². The van der Waals surface area contributed by atoms with E-state index in [2.05, 4.69) is 5.32 Å². The van der Waals surface area contributed by atoms with E-state index in [4.69, 9.17) is 25.8 Å². The molecule has 0 fully saturated rings. The summed E-state index contributed by atoms with van der Waals surface area (Å²) < 4.78 is 16.6. The van der Waals surface area contributed by atoms with Crippen LogP contribution in [0.25, 0.3) is 6.08 Å². The average molecular weight is 589 g/mol. The van der Waals surface area contributed by atoms with Crippen LogP contribution in [0.4, 0.5) is 5.69 Å². The van der Waals surface area contributed by atoms with Crippen LogP contribution in [0.5, 0.6) is 17.2 Å². The highest BCUT2D eigenvalue weighted by atomic mass is 127. The fourth-order valence-electron chi connectivity index (χ4n) is 2.88. The van der Waals surface area contributed by atoms with Gasteiger partial charge in [-0.2, -0.15) is 5.26 Å². The highest BCUT2D eigenvalue weighted by molar-refractivity contribution is 14.1. The van der Waals surface area contributed by atoms with Gasteiger partial charge >= 0.3 is 5.97 Å². The van der Waals surface area contributed by atoms with Crippen LogP contribution in [0.15, 0.2) is 66.2 Å². The minimum absolute atomic E-state index is 0.124. The number of carbonyl (C=O) groups excluding carboxylic acids is 2. The van der Waals surface area contributed by atoms with Crippen LogP contribution in [-0.2, 0) is 4.79 Å². The molecular formula is C25H18ClIN2O5. The third-order valence-electron chi connectivity index (χ3n) is 4.53. The number of ether oxygens (including phenoxy) is 3. The molecule has 3 aromatic carbocycles. The molecule has 1 N–H and O–H groups in total. The Hall–Kier alpha value is -3.55. The Morgan fingerprint density at radius 3 is 2.41 bits per heavy atom. The van der Waals surface area contributed by atoms with Crippen molar-refractivity contribution in [3.63, 3.8) is 0 Å². The summed E-state index contributed by atoms with van der Waals surface area (Å²) in [5.41, 5.74) is 1.20. The van der Waals surface area contributed by atoms with Gasteiger partial charge in [0.15, 0.2) is 11.5 Å². The van der Waals surface area contributed by atoms with Gasteiger partial charge in [-0.15, -0.1) is 0 Å². The first kappa shape index (κ1) is 25.1. The molecule has 0 spiro atoms. The summed E-state index contributed by atoms with van der Waals surface area (Å²) in [4.78, 5) is 25.1. The lowest BCUT2D eigenvalue weighted by Crippen LogP contribution is -2.13. The molecule has 0 aliphatic heterocycles. The SMILES string of the molecule is COc1ccc(C(=O)Oc2c(I)cc(/C=C(\C#N)C(=O)Nc3cccc(Cl)c3)cc2OC)cc1. The summed E-state index contributed by atoms with van der Waals surface area (Å²) >= 11 is 7.93. The fourth-order valence-corrected chi connectivity index (χ4v) is 3.81. The third-order valence-corrected chi connectivity index (χ3v) is 5.57. The molecule has 7 nitrogen and oxygen atoms in total. The van der Waals surface area contributed by atoms with E-state index in [0.717, 1.165) is 0 Å². The largest absolute Gasteiger partial charge is 0.497 e. The van der Waals surface area contributed by atoms with Gasteiger partial charge in [-0.25, -0.2) is 4.79 Å². The molecular weight excluding hydrogens is 571 g/mol. The molecule has 0 aromatic heterocycles. The van der Waals surface area contributed by atoms with E-state index < -0.39 is 11.9 Å². The first-order chi connectivity index (χ1) is 16.3. The standard InChI is InChI=1S/C25H18ClIN2O5/c1-32-20-8-6-16(7-9-20)25(31)34-23-21(27)11-15(12-22(23)33-2)10-17(14-28)24(30)29-19-5-3-4-18(26)13-19/h3-13H,1-2H3,(H,29,30)/b17-10+. The van der Waals surface area contributed by atoms with Crippen LogP contribution < -0.4 is 19.5 Å². The van der Waals surface area contributed by atoms with Crippen LogP contribution in [-0.4, -0.2) is 26.1 Å². The van der Waals surface area contributed by atoms with E-state index in [1.54, 1.807) is 60.7 Å². The molecule has 0 aliphatic rings. The number of rotatable bonds is 7. The topological polar surface area (TPSA) is 97.7 Å². The lowest BCUT2D eigenvalue weighted by molar-refractivity contribution is -0.112. The van der Waals surface area contributed by atoms with Crippen LogP contribution in [0.2, 0.25) is 5.02 Å². The van der Waals surface area contributed by atoms with Crippen molar-refractivity contribution < 1.29 is 23.8 Å². The van der Waals surface area contributed by atoms with Crippen molar-refractivity contribution in [2.45, 2.75) is 0 Å². The second-order valence-electron chi connectivity index (χ2n) is 6.79. The highest BCUT2D eigenvalue weighted by Crippen LogP contribution is 2.35. The van der Waals surface area contributed by atoms with Crippen molar-refractivity contribution in [2.75, 3.05) is 19.5 Å². The number of anilines is 1. The summed E-state index contributed by atoms with van der Waals surface area (Å²) in [5.74, 6) is -0.0439. The summed E-state index contributed by atoms with van der Waals surface area (Å²) in [6.45, 7) is 0. The van der Waals surface area contributed by atoms with Gasteiger partial charge in [-0.3, -0.25) is 4.79 Å². The van der Waals surface area contributed by atoms with Gasteiger partial charge in [0.2, 0.25) is 0 Å². The maximum Gasteiger partial charge on any atom is 0.343 e. The molecule has 0 atom stereocenters. The second-order valence-corrected chi connectivity index (χ2v) is 8.39. The number of nitrogens with one attached hydrogen (secondary N) is 1. The number of benzene rings is 3. The van der Waals surface area contributed by atoms with Gasteiger partial charge in [0.05, 0.1) is 23.4 Å². The van der Waals surface area contributed by atoms with E-state index >= 15 is 0 Å².